The van der Waals surface area contributed by atoms with Gasteiger partial charge < -0.3 is 5.32 Å². The third-order valence-electron chi connectivity index (χ3n) is 4.12. The summed E-state index contributed by atoms with van der Waals surface area (Å²) in [6.45, 7) is 3.63. The largest absolute Gasteiger partial charge is 0.313 e. The SMILES string of the molecule is CCCC1(CNC2CCCSC2)CCC1. The summed E-state index contributed by atoms with van der Waals surface area (Å²) in [5.41, 5.74) is 0.705. The monoisotopic (exact) mass is 227 g/mol. The first-order valence-corrected chi connectivity index (χ1v) is 7.81. The Bertz CT molecular complexity index is 183. The van der Waals surface area contributed by atoms with Crippen molar-refractivity contribution in [2.24, 2.45) is 5.41 Å². The summed E-state index contributed by atoms with van der Waals surface area (Å²) in [5.74, 6) is 2.74. The molecule has 0 aromatic heterocycles. The number of hydrogen-bond donors (Lipinski definition) is 1. The fraction of sp³-hybridized carbons (Fsp3) is 1.00. The highest BCUT2D eigenvalue weighted by Gasteiger charge is 2.35. The van der Waals surface area contributed by atoms with Gasteiger partial charge in [-0.2, -0.15) is 11.8 Å². The first-order chi connectivity index (χ1) is 7.35. The van der Waals surface area contributed by atoms with Crippen molar-refractivity contribution in [1.82, 2.24) is 5.32 Å². The first kappa shape index (κ1) is 11.8. The summed E-state index contributed by atoms with van der Waals surface area (Å²) in [6.07, 6.45) is 10.1. The Hall–Kier alpha value is 0.310. The molecule has 1 heterocycles. The van der Waals surface area contributed by atoms with E-state index in [2.05, 4.69) is 24.0 Å². The molecule has 1 atom stereocenters. The van der Waals surface area contributed by atoms with Gasteiger partial charge in [0.15, 0.2) is 0 Å². The second-order valence-corrected chi connectivity index (χ2v) is 6.55. The molecule has 0 amide bonds. The van der Waals surface area contributed by atoms with E-state index >= 15 is 0 Å². The number of nitrogens with one attached hydrogen (secondary N) is 1. The fourth-order valence-electron chi connectivity index (χ4n) is 2.98. The van der Waals surface area contributed by atoms with Gasteiger partial charge in [-0.15, -0.1) is 0 Å². The summed E-state index contributed by atoms with van der Waals surface area (Å²) in [7, 11) is 0. The standard InChI is InChI=1S/C13H25NS/c1-2-6-13(7-4-8-13)11-14-12-5-3-9-15-10-12/h12,14H,2-11H2,1H3. The van der Waals surface area contributed by atoms with Gasteiger partial charge in [0.1, 0.15) is 0 Å². The number of thioether (sulfide) groups is 1. The molecule has 0 aromatic rings. The van der Waals surface area contributed by atoms with Crippen molar-refractivity contribution in [2.75, 3.05) is 18.1 Å². The van der Waals surface area contributed by atoms with Crippen LogP contribution in [0.2, 0.25) is 0 Å². The van der Waals surface area contributed by atoms with Gasteiger partial charge in [-0.1, -0.05) is 19.8 Å². The topological polar surface area (TPSA) is 12.0 Å². The maximum absolute atomic E-state index is 3.83. The van der Waals surface area contributed by atoms with Crippen LogP contribution in [0.4, 0.5) is 0 Å². The molecule has 2 fully saturated rings. The summed E-state index contributed by atoms with van der Waals surface area (Å²) >= 11 is 2.13. The van der Waals surface area contributed by atoms with E-state index in [0.717, 1.165) is 6.04 Å². The van der Waals surface area contributed by atoms with Crippen LogP contribution in [0.5, 0.6) is 0 Å². The van der Waals surface area contributed by atoms with Crippen LogP contribution in [0.1, 0.15) is 51.9 Å². The Morgan fingerprint density at radius 2 is 2.20 bits per heavy atom. The van der Waals surface area contributed by atoms with Crippen LogP contribution in [0.3, 0.4) is 0 Å². The van der Waals surface area contributed by atoms with Gasteiger partial charge >= 0.3 is 0 Å². The van der Waals surface area contributed by atoms with Gasteiger partial charge in [-0.3, -0.25) is 0 Å². The molecule has 88 valence electrons. The van der Waals surface area contributed by atoms with Crippen molar-refractivity contribution >= 4 is 11.8 Å². The highest BCUT2D eigenvalue weighted by atomic mass is 32.2. The van der Waals surface area contributed by atoms with E-state index in [9.17, 15) is 0 Å². The van der Waals surface area contributed by atoms with E-state index in [1.807, 2.05) is 0 Å². The first-order valence-electron chi connectivity index (χ1n) is 6.66. The molecule has 1 N–H and O–H groups in total. The molecule has 1 aliphatic heterocycles. The lowest BCUT2D eigenvalue weighted by molar-refractivity contribution is 0.111. The lowest BCUT2D eigenvalue weighted by Crippen LogP contribution is -2.45. The molecule has 15 heavy (non-hydrogen) atoms. The van der Waals surface area contributed by atoms with Crippen molar-refractivity contribution in [2.45, 2.75) is 57.9 Å². The van der Waals surface area contributed by atoms with Crippen LogP contribution < -0.4 is 5.32 Å². The van der Waals surface area contributed by atoms with Crippen LogP contribution in [0, 0.1) is 5.41 Å². The van der Waals surface area contributed by atoms with Crippen LogP contribution in [0.25, 0.3) is 0 Å². The molecule has 2 rings (SSSR count). The van der Waals surface area contributed by atoms with Crippen LogP contribution in [0.15, 0.2) is 0 Å². The van der Waals surface area contributed by atoms with Crippen LogP contribution in [-0.4, -0.2) is 24.1 Å². The van der Waals surface area contributed by atoms with Gasteiger partial charge in [0.05, 0.1) is 0 Å². The molecule has 0 bridgehead atoms. The molecule has 1 aliphatic carbocycles. The zero-order valence-electron chi connectivity index (χ0n) is 10.1. The van der Waals surface area contributed by atoms with Crippen molar-refractivity contribution in [3.8, 4) is 0 Å². The highest BCUT2D eigenvalue weighted by molar-refractivity contribution is 7.99. The van der Waals surface area contributed by atoms with Gasteiger partial charge in [-0.05, 0) is 43.3 Å². The Kier molecular flexibility index (Phi) is 4.39. The van der Waals surface area contributed by atoms with E-state index in [0.29, 0.717) is 5.41 Å². The van der Waals surface area contributed by atoms with E-state index in [-0.39, 0.29) is 0 Å². The number of rotatable bonds is 5. The molecule has 0 spiro atoms. The molecule has 0 radical (unpaired) electrons. The van der Waals surface area contributed by atoms with E-state index < -0.39 is 0 Å². The molecule has 1 saturated carbocycles. The summed E-state index contributed by atoms with van der Waals surface area (Å²) < 4.78 is 0. The predicted octanol–water partition coefficient (Wildman–Crippen LogP) is 3.44. The summed E-state index contributed by atoms with van der Waals surface area (Å²) in [5, 5.41) is 3.83. The minimum absolute atomic E-state index is 0.705. The van der Waals surface area contributed by atoms with Crippen molar-refractivity contribution in [3.05, 3.63) is 0 Å². The molecule has 1 nitrogen and oxygen atoms in total. The van der Waals surface area contributed by atoms with Gasteiger partial charge in [0.2, 0.25) is 0 Å². The van der Waals surface area contributed by atoms with E-state index in [1.165, 1.54) is 63.0 Å². The van der Waals surface area contributed by atoms with Crippen molar-refractivity contribution < 1.29 is 0 Å². The molecule has 2 heteroatoms. The minimum Gasteiger partial charge on any atom is -0.313 e. The predicted molar refractivity (Wildman–Crippen MR) is 69.5 cm³/mol. The molecule has 2 aliphatic rings. The molecule has 1 unspecified atom stereocenters. The summed E-state index contributed by atoms with van der Waals surface area (Å²) in [4.78, 5) is 0. The highest BCUT2D eigenvalue weighted by Crippen LogP contribution is 2.44. The smallest absolute Gasteiger partial charge is 0.0158 e. The average Bonchev–Trinajstić information content (AvgIpc) is 2.23. The summed E-state index contributed by atoms with van der Waals surface area (Å²) in [6, 6.07) is 0.818. The molecule has 0 aromatic carbocycles. The maximum atomic E-state index is 3.83. The van der Waals surface area contributed by atoms with Gasteiger partial charge in [0, 0.05) is 18.3 Å². The van der Waals surface area contributed by atoms with Crippen LogP contribution in [-0.2, 0) is 0 Å². The van der Waals surface area contributed by atoms with Crippen molar-refractivity contribution in [1.29, 1.82) is 0 Å². The fourth-order valence-corrected chi connectivity index (χ4v) is 4.09. The second-order valence-electron chi connectivity index (χ2n) is 5.40. The Balaban J connectivity index is 1.70. The molecule has 1 saturated heterocycles. The van der Waals surface area contributed by atoms with E-state index in [4.69, 9.17) is 0 Å². The second kappa shape index (κ2) is 5.58. The third kappa shape index (κ3) is 3.13. The normalized spacial score (nSPS) is 29.8. The quantitative estimate of drug-likeness (QED) is 0.772. The van der Waals surface area contributed by atoms with Gasteiger partial charge in [-0.25, -0.2) is 0 Å². The van der Waals surface area contributed by atoms with Crippen molar-refractivity contribution in [3.63, 3.8) is 0 Å². The maximum Gasteiger partial charge on any atom is 0.0158 e. The molecular formula is C13H25NS. The zero-order chi connectivity index (χ0) is 10.6. The zero-order valence-corrected chi connectivity index (χ0v) is 10.9. The average molecular weight is 227 g/mol. The van der Waals surface area contributed by atoms with E-state index in [1.54, 1.807) is 0 Å². The minimum atomic E-state index is 0.705. The Labute approximate surface area is 98.8 Å². The lowest BCUT2D eigenvalue weighted by Gasteiger charge is -2.43. The Morgan fingerprint density at radius 3 is 2.73 bits per heavy atom. The molecular weight excluding hydrogens is 202 g/mol. The number of hydrogen-bond acceptors (Lipinski definition) is 2. The van der Waals surface area contributed by atoms with Crippen LogP contribution >= 0.6 is 11.8 Å². The Morgan fingerprint density at radius 1 is 1.33 bits per heavy atom. The lowest BCUT2D eigenvalue weighted by atomic mass is 9.66. The third-order valence-corrected chi connectivity index (χ3v) is 5.34. The van der Waals surface area contributed by atoms with Gasteiger partial charge in [0.25, 0.3) is 0 Å².